The maximum atomic E-state index is 12.4. The standard InChI is InChI=1S/C24H22O3/c1-17-8-12-22(13-9-17)24(26)18(2)27-23(25)16-19-10-14-21(15-11-19)20-6-4-3-5-7-20/h3-15,18H,16H2,1-2H3/t18-/m1/s1. The molecule has 0 aliphatic rings. The lowest BCUT2D eigenvalue weighted by atomic mass is 10.0. The molecular weight excluding hydrogens is 336 g/mol. The molecule has 1 atom stereocenters. The van der Waals surface area contributed by atoms with Crippen LogP contribution in [0.1, 0.15) is 28.4 Å². The minimum atomic E-state index is -0.802. The lowest BCUT2D eigenvalue weighted by molar-refractivity contribution is -0.145. The van der Waals surface area contributed by atoms with Crippen LogP contribution >= 0.6 is 0 Å². The minimum absolute atomic E-state index is 0.139. The van der Waals surface area contributed by atoms with Gasteiger partial charge in [-0.3, -0.25) is 9.59 Å². The average molecular weight is 358 g/mol. The van der Waals surface area contributed by atoms with Crippen LogP contribution in [-0.2, 0) is 16.0 Å². The highest BCUT2D eigenvalue weighted by molar-refractivity contribution is 6.00. The quantitative estimate of drug-likeness (QED) is 0.459. The maximum absolute atomic E-state index is 12.4. The highest BCUT2D eigenvalue weighted by Crippen LogP contribution is 2.19. The Morgan fingerprint density at radius 3 is 2.04 bits per heavy atom. The number of ketones is 1. The molecule has 0 spiro atoms. The van der Waals surface area contributed by atoms with Gasteiger partial charge in [0, 0.05) is 5.56 Å². The molecule has 0 radical (unpaired) electrons. The Bertz CT molecular complexity index is 910. The van der Waals surface area contributed by atoms with E-state index in [0.29, 0.717) is 5.56 Å². The van der Waals surface area contributed by atoms with Crippen molar-refractivity contribution in [3.63, 3.8) is 0 Å². The van der Waals surface area contributed by atoms with E-state index in [9.17, 15) is 9.59 Å². The summed E-state index contributed by atoms with van der Waals surface area (Å²) in [6, 6.07) is 25.1. The molecule has 0 amide bonds. The molecule has 3 heteroatoms. The summed E-state index contributed by atoms with van der Waals surface area (Å²) in [5, 5.41) is 0. The zero-order chi connectivity index (χ0) is 19.2. The third-order valence-electron chi connectivity index (χ3n) is 4.42. The Labute approximate surface area is 159 Å². The zero-order valence-corrected chi connectivity index (χ0v) is 15.5. The van der Waals surface area contributed by atoms with Crippen LogP contribution in [0.5, 0.6) is 0 Å². The molecule has 0 saturated heterocycles. The molecule has 3 nitrogen and oxygen atoms in total. The van der Waals surface area contributed by atoms with Crippen LogP contribution in [0.4, 0.5) is 0 Å². The fourth-order valence-electron chi connectivity index (χ4n) is 2.86. The summed E-state index contributed by atoms with van der Waals surface area (Å²) in [6.07, 6.45) is -0.663. The highest BCUT2D eigenvalue weighted by atomic mass is 16.5. The Kier molecular flexibility index (Phi) is 5.82. The summed E-state index contributed by atoms with van der Waals surface area (Å²) in [5.41, 5.74) is 4.71. The van der Waals surface area contributed by atoms with E-state index in [0.717, 1.165) is 22.3 Å². The SMILES string of the molecule is Cc1ccc(C(=O)[C@@H](C)OC(=O)Cc2ccc(-c3ccccc3)cc2)cc1. The van der Waals surface area contributed by atoms with Gasteiger partial charge in [-0.15, -0.1) is 0 Å². The van der Waals surface area contributed by atoms with Gasteiger partial charge in [0.25, 0.3) is 0 Å². The summed E-state index contributed by atoms with van der Waals surface area (Å²) in [5.74, 6) is -0.599. The molecule has 3 aromatic carbocycles. The normalized spacial score (nSPS) is 11.6. The van der Waals surface area contributed by atoms with Crippen LogP contribution in [0.15, 0.2) is 78.9 Å². The summed E-state index contributed by atoms with van der Waals surface area (Å²) in [6.45, 7) is 3.57. The van der Waals surface area contributed by atoms with Crippen molar-refractivity contribution in [1.82, 2.24) is 0 Å². The molecule has 0 aromatic heterocycles. The molecule has 0 heterocycles. The fraction of sp³-hybridized carbons (Fsp3) is 0.167. The lowest BCUT2D eigenvalue weighted by Gasteiger charge is -2.13. The number of hydrogen-bond donors (Lipinski definition) is 0. The van der Waals surface area contributed by atoms with E-state index in [1.54, 1.807) is 19.1 Å². The Hall–Kier alpha value is -3.20. The average Bonchev–Trinajstić information content (AvgIpc) is 2.69. The van der Waals surface area contributed by atoms with Crippen molar-refractivity contribution in [2.45, 2.75) is 26.4 Å². The smallest absolute Gasteiger partial charge is 0.310 e. The second-order valence-corrected chi connectivity index (χ2v) is 6.60. The number of hydrogen-bond acceptors (Lipinski definition) is 3. The molecule has 3 rings (SSSR count). The lowest BCUT2D eigenvalue weighted by Crippen LogP contribution is -2.25. The molecule has 0 unspecified atom stereocenters. The van der Waals surface area contributed by atoms with Crippen molar-refractivity contribution in [1.29, 1.82) is 0 Å². The topological polar surface area (TPSA) is 43.4 Å². The molecule has 0 aliphatic carbocycles. The van der Waals surface area contributed by atoms with Gasteiger partial charge in [-0.2, -0.15) is 0 Å². The molecule has 27 heavy (non-hydrogen) atoms. The molecule has 0 aliphatic heterocycles. The van der Waals surface area contributed by atoms with Crippen molar-refractivity contribution in [3.05, 3.63) is 95.6 Å². The van der Waals surface area contributed by atoms with Crippen LogP contribution in [0.25, 0.3) is 11.1 Å². The van der Waals surface area contributed by atoms with Crippen molar-refractivity contribution in [2.75, 3.05) is 0 Å². The van der Waals surface area contributed by atoms with Crippen LogP contribution in [-0.4, -0.2) is 17.9 Å². The number of rotatable bonds is 6. The van der Waals surface area contributed by atoms with E-state index >= 15 is 0 Å². The number of carbonyl (C=O) groups is 2. The molecular formula is C24H22O3. The first kappa shape index (κ1) is 18.6. The summed E-state index contributed by atoms with van der Waals surface area (Å²) in [4.78, 5) is 24.6. The van der Waals surface area contributed by atoms with Crippen LogP contribution in [0, 0.1) is 6.92 Å². The molecule has 0 bridgehead atoms. The van der Waals surface area contributed by atoms with E-state index in [4.69, 9.17) is 4.74 Å². The number of Topliss-reactive ketones (excluding diaryl/α,β-unsaturated/α-hetero) is 1. The Morgan fingerprint density at radius 1 is 0.815 bits per heavy atom. The van der Waals surface area contributed by atoms with E-state index in [-0.39, 0.29) is 12.2 Å². The van der Waals surface area contributed by atoms with Crippen LogP contribution in [0.2, 0.25) is 0 Å². The van der Waals surface area contributed by atoms with Gasteiger partial charge in [0.2, 0.25) is 5.78 Å². The van der Waals surface area contributed by atoms with E-state index < -0.39 is 12.1 Å². The summed E-state index contributed by atoms with van der Waals surface area (Å²) in [7, 11) is 0. The van der Waals surface area contributed by atoms with E-state index in [2.05, 4.69) is 0 Å². The molecule has 0 fully saturated rings. The van der Waals surface area contributed by atoms with Gasteiger partial charge in [-0.1, -0.05) is 84.4 Å². The Balaban J connectivity index is 1.58. The molecule has 3 aromatic rings. The monoisotopic (exact) mass is 358 g/mol. The van der Waals surface area contributed by atoms with E-state index in [1.165, 1.54) is 0 Å². The predicted octanol–water partition coefficient (Wildman–Crippen LogP) is 5.02. The van der Waals surface area contributed by atoms with Gasteiger partial charge in [0.05, 0.1) is 6.42 Å². The van der Waals surface area contributed by atoms with Crippen LogP contribution < -0.4 is 0 Å². The molecule has 0 saturated carbocycles. The van der Waals surface area contributed by atoms with Gasteiger partial charge in [0.15, 0.2) is 6.10 Å². The van der Waals surface area contributed by atoms with Crippen molar-refractivity contribution < 1.29 is 14.3 Å². The van der Waals surface area contributed by atoms with Gasteiger partial charge in [-0.05, 0) is 30.5 Å². The maximum Gasteiger partial charge on any atom is 0.310 e. The summed E-state index contributed by atoms with van der Waals surface area (Å²) < 4.78 is 5.33. The first-order valence-electron chi connectivity index (χ1n) is 8.97. The van der Waals surface area contributed by atoms with Gasteiger partial charge >= 0.3 is 5.97 Å². The Morgan fingerprint density at radius 2 is 1.41 bits per heavy atom. The number of benzene rings is 3. The van der Waals surface area contributed by atoms with Gasteiger partial charge in [-0.25, -0.2) is 0 Å². The number of ether oxygens (including phenoxy) is 1. The van der Waals surface area contributed by atoms with Crippen molar-refractivity contribution >= 4 is 11.8 Å². The second kappa shape index (κ2) is 8.45. The van der Waals surface area contributed by atoms with Gasteiger partial charge in [0.1, 0.15) is 0 Å². The summed E-state index contributed by atoms with van der Waals surface area (Å²) >= 11 is 0. The second-order valence-electron chi connectivity index (χ2n) is 6.60. The number of carbonyl (C=O) groups excluding carboxylic acids is 2. The van der Waals surface area contributed by atoms with Crippen LogP contribution in [0.3, 0.4) is 0 Å². The molecule has 136 valence electrons. The van der Waals surface area contributed by atoms with Crippen molar-refractivity contribution in [2.24, 2.45) is 0 Å². The number of esters is 1. The fourth-order valence-corrected chi connectivity index (χ4v) is 2.86. The van der Waals surface area contributed by atoms with Gasteiger partial charge < -0.3 is 4.74 Å². The first-order valence-corrected chi connectivity index (χ1v) is 8.97. The molecule has 0 N–H and O–H groups in total. The highest BCUT2D eigenvalue weighted by Gasteiger charge is 2.19. The third kappa shape index (κ3) is 4.91. The van der Waals surface area contributed by atoms with Crippen molar-refractivity contribution in [3.8, 4) is 11.1 Å². The largest absolute Gasteiger partial charge is 0.454 e. The third-order valence-corrected chi connectivity index (χ3v) is 4.42. The number of aryl methyl sites for hydroxylation is 1. The minimum Gasteiger partial charge on any atom is -0.454 e. The first-order chi connectivity index (χ1) is 13.0. The predicted molar refractivity (Wildman–Crippen MR) is 107 cm³/mol. The van der Waals surface area contributed by atoms with E-state index in [1.807, 2.05) is 73.7 Å². The zero-order valence-electron chi connectivity index (χ0n) is 15.5.